The normalized spacial score (nSPS) is 15.8. The van der Waals surface area contributed by atoms with E-state index in [1.54, 1.807) is 12.4 Å². The molecule has 1 N–H and O–H groups in total. The highest BCUT2D eigenvalue weighted by Gasteiger charge is 2.27. The first-order valence-corrected chi connectivity index (χ1v) is 13.4. The van der Waals surface area contributed by atoms with Gasteiger partial charge in [0.1, 0.15) is 5.82 Å². The predicted octanol–water partition coefficient (Wildman–Crippen LogP) is 5.60. The van der Waals surface area contributed by atoms with Crippen LogP contribution in [0.1, 0.15) is 35.6 Å². The van der Waals surface area contributed by atoms with Gasteiger partial charge in [-0.25, -0.2) is 4.98 Å². The summed E-state index contributed by atoms with van der Waals surface area (Å²) < 4.78 is 2.66. The van der Waals surface area contributed by atoms with Gasteiger partial charge in [0.25, 0.3) is 0 Å². The SMILES string of the molecule is O=C(Cc1ccc2ccccc2c1)N1CCCC(c2cc(NCc3cccnc3)n3ncc(Br)c3n2)C1. The number of carbonyl (C=O) groups is 1. The van der Waals surface area contributed by atoms with Gasteiger partial charge < -0.3 is 10.2 Å². The van der Waals surface area contributed by atoms with Crippen molar-refractivity contribution in [3.05, 3.63) is 101 Å². The summed E-state index contributed by atoms with van der Waals surface area (Å²) in [4.78, 5) is 24.5. The Hall–Kier alpha value is -3.78. The number of pyridine rings is 1. The van der Waals surface area contributed by atoms with E-state index in [4.69, 9.17) is 4.98 Å². The van der Waals surface area contributed by atoms with Crippen LogP contribution < -0.4 is 5.32 Å². The number of rotatable bonds is 6. The number of likely N-dealkylation sites (tertiary alicyclic amines) is 1. The summed E-state index contributed by atoms with van der Waals surface area (Å²) in [6.07, 6.45) is 7.76. The van der Waals surface area contributed by atoms with Crippen LogP contribution in [-0.4, -0.2) is 43.5 Å². The Morgan fingerprint density at radius 3 is 2.78 bits per heavy atom. The maximum Gasteiger partial charge on any atom is 0.227 e. The van der Waals surface area contributed by atoms with E-state index in [0.29, 0.717) is 19.5 Å². The Bertz CT molecular complexity index is 1570. The highest BCUT2D eigenvalue weighted by Crippen LogP contribution is 2.30. The van der Waals surface area contributed by atoms with E-state index in [-0.39, 0.29) is 11.8 Å². The molecule has 0 radical (unpaired) electrons. The zero-order valence-corrected chi connectivity index (χ0v) is 21.9. The monoisotopic (exact) mass is 554 g/mol. The van der Waals surface area contributed by atoms with E-state index in [2.05, 4.69) is 67.7 Å². The smallest absolute Gasteiger partial charge is 0.227 e. The van der Waals surface area contributed by atoms with E-state index < -0.39 is 0 Å². The number of nitrogens with one attached hydrogen (secondary N) is 1. The van der Waals surface area contributed by atoms with Gasteiger partial charge in [-0.2, -0.15) is 9.61 Å². The van der Waals surface area contributed by atoms with Crippen LogP contribution in [0.25, 0.3) is 16.4 Å². The molecular weight excluding hydrogens is 528 g/mol. The third-order valence-electron chi connectivity index (χ3n) is 7.01. The van der Waals surface area contributed by atoms with Crippen molar-refractivity contribution in [1.29, 1.82) is 0 Å². The molecule has 1 aliphatic rings. The van der Waals surface area contributed by atoms with Gasteiger partial charge in [-0.1, -0.05) is 48.5 Å². The standard InChI is InChI=1S/C29H27BrN6O/c30-25-18-33-36-27(32-17-21-5-3-11-31-16-21)15-26(34-29(25)36)24-8-4-12-35(19-24)28(37)14-20-9-10-22-6-1-2-7-23(22)13-20/h1-3,5-7,9-11,13,15-16,18,24,32H,4,8,12,14,17,19H2. The molecule has 37 heavy (non-hydrogen) atoms. The Labute approximate surface area is 223 Å². The molecule has 0 aliphatic carbocycles. The summed E-state index contributed by atoms with van der Waals surface area (Å²) in [6.45, 7) is 2.09. The minimum atomic E-state index is 0.167. The molecule has 0 bridgehead atoms. The number of piperidine rings is 1. The van der Waals surface area contributed by atoms with Gasteiger partial charge in [-0.15, -0.1) is 0 Å². The molecule has 1 aliphatic heterocycles. The molecule has 0 saturated carbocycles. The van der Waals surface area contributed by atoms with Gasteiger partial charge in [0.15, 0.2) is 5.65 Å². The van der Waals surface area contributed by atoms with E-state index in [1.165, 1.54) is 10.8 Å². The average molecular weight is 555 g/mol. The first kappa shape index (κ1) is 23.6. The Balaban J connectivity index is 1.21. The van der Waals surface area contributed by atoms with Crippen molar-refractivity contribution < 1.29 is 4.79 Å². The number of aromatic nitrogens is 4. The van der Waals surface area contributed by atoms with E-state index in [9.17, 15) is 4.79 Å². The lowest BCUT2D eigenvalue weighted by atomic mass is 9.93. The number of hydrogen-bond acceptors (Lipinski definition) is 5. The minimum Gasteiger partial charge on any atom is -0.366 e. The molecule has 2 aromatic carbocycles. The number of carbonyl (C=O) groups excluding carboxylic acids is 1. The number of amides is 1. The summed E-state index contributed by atoms with van der Waals surface area (Å²) in [5.41, 5.74) is 3.88. The predicted molar refractivity (Wildman–Crippen MR) is 148 cm³/mol. The quantitative estimate of drug-likeness (QED) is 0.295. The fourth-order valence-corrected chi connectivity index (χ4v) is 5.41. The van der Waals surface area contributed by atoms with Gasteiger partial charge in [0.05, 0.1) is 22.8 Å². The molecule has 7 nitrogen and oxygen atoms in total. The van der Waals surface area contributed by atoms with Gasteiger partial charge in [-0.3, -0.25) is 9.78 Å². The Kier molecular flexibility index (Phi) is 6.57. The molecule has 1 saturated heterocycles. The second kappa shape index (κ2) is 10.3. The Morgan fingerprint density at radius 2 is 1.92 bits per heavy atom. The van der Waals surface area contributed by atoms with Crippen LogP contribution in [0.15, 0.2) is 83.7 Å². The van der Waals surface area contributed by atoms with Crippen LogP contribution in [0.5, 0.6) is 0 Å². The van der Waals surface area contributed by atoms with Crippen molar-refractivity contribution in [3.8, 4) is 0 Å². The zero-order valence-electron chi connectivity index (χ0n) is 20.3. The van der Waals surface area contributed by atoms with Gasteiger partial charge in [-0.05, 0) is 56.7 Å². The Morgan fingerprint density at radius 1 is 1.03 bits per heavy atom. The zero-order chi connectivity index (χ0) is 25.2. The van der Waals surface area contributed by atoms with Crippen LogP contribution in [0.2, 0.25) is 0 Å². The van der Waals surface area contributed by atoms with Crippen molar-refractivity contribution in [1.82, 2.24) is 24.5 Å². The molecule has 186 valence electrons. The van der Waals surface area contributed by atoms with Crippen molar-refractivity contribution >= 4 is 44.1 Å². The molecule has 8 heteroatoms. The summed E-state index contributed by atoms with van der Waals surface area (Å²) in [5.74, 6) is 1.20. The van der Waals surface area contributed by atoms with Crippen molar-refractivity contribution in [3.63, 3.8) is 0 Å². The third kappa shape index (κ3) is 5.06. The van der Waals surface area contributed by atoms with E-state index in [0.717, 1.165) is 52.1 Å². The summed E-state index contributed by atoms with van der Waals surface area (Å²) in [7, 11) is 0. The van der Waals surface area contributed by atoms with Gasteiger partial charge in [0.2, 0.25) is 5.91 Å². The first-order chi connectivity index (χ1) is 18.1. The van der Waals surface area contributed by atoms with E-state index >= 15 is 0 Å². The van der Waals surface area contributed by atoms with Gasteiger partial charge in [0, 0.05) is 44.0 Å². The van der Waals surface area contributed by atoms with Crippen LogP contribution in [0.3, 0.4) is 0 Å². The van der Waals surface area contributed by atoms with Crippen molar-refractivity contribution in [2.24, 2.45) is 0 Å². The van der Waals surface area contributed by atoms with Crippen LogP contribution >= 0.6 is 15.9 Å². The topological polar surface area (TPSA) is 75.4 Å². The molecule has 1 atom stereocenters. The number of anilines is 1. The molecule has 0 spiro atoms. The minimum absolute atomic E-state index is 0.167. The molecule has 5 aromatic rings. The van der Waals surface area contributed by atoms with E-state index in [1.807, 2.05) is 39.9 Å². The number of fused-ring (bicyclic) bond motifs is 2. The summed E-state index contributed by atoms with van der Waals surface area (Å²) in [5, 5.41) is 10.3. The number of nitrogens with zero attached hydrogens (tertiary/aromatic N) is 5. The highest BCUT2D eigenvalue weighted by atomic mass is 79.9. The van der Waals surface area contributed by atoms with Crippen molar-refractivity contribution in [2.75, 3.05) is 18.4 Å². The lowest BCUT2D eigenvalue weighted by molar-refractivity contribution is -0.131. The van der Waals surface area contributed by atoms with Crippen molar-refractivity contribution in [2.45, 2.75) is 31.7 Å². The molecule has 6 rings (SSSR count). The lowest BCUT2D eigenvalue weighted by Gasteiger charge is -2.33. The number of hydrogen-bond donors (Lipinski definition) is 1. The number of benzene rings is 2. The molecular formula is C29H27BrN6O. The highest BCUT2D eigenvalue weighted by molar-refractivity contribution is 9.10. The molecule has 1 amide bonds. The molecule has 1 unspecified atom stereocenters. The number of halogens is 1. The summed E-state index contributed by atoms with van der Waals surface area (Å²) >= 11 is 3.60. The van der Waals surface area contributed by atoms with Crippen LogP contribution in [0.4, 0.5) is 5.82 Å². The fourth-order valence-electron chi connectivity index (χ4n) is 5.07. The van der Waals surface area contributed by atoms with Crippen LogP contribution in [-0.2, 0) is 17.8 Å². The molecule has 3 aromatic heterocycles. The first-order valence-electron chi connectivity index (χ1n) is 12.6. The lowest BCUT2D eigenvalue weighted by Crippen LogP contribution is -2.40. The second-order valence-electron chi connectivity index (χ2n) is 9.55. The second-order valence-corrected chi connectivity index (χ2v) is 10.4. The molecule has 1 fully saturated rings. The molecule has 4 heterocycles. The summed E-state index contributed by atoms with van der Waals surface area (Å²) in [6, 6.07) is 20.6. The maximum absolute atomic E-state index is 13.3. The average Bonchev–Trinajstić information content (AvgIpc) is 3.33. The fraction of sp³-hybridized carbons (Fsp3) is 0.241. The van der Waals surface area contributed by atoms with Crippen LogP contribution in [0, 0.1) is 0 Å². The maximum atomic E-state index is 13.3. The largest absolute Gasteiger partial charge is 0.366 e. The van der Waals surface area contributed by atoms with Gasteiger partial charge >= 0.3 is 0 Å². The third-order valence-corrected chi connectivity index (χ3v) is 7.57.